The van der Waals surface area contributed by atoms with Crippen molar-refractivity contribution in [3.63, 3.8) is 0 Å². The molecule has 0 radical (unpaired) electrons. The Morgan fingerprint density at radius 1 is 1.08 bits per heavy atom. The second-order valence-electron chi connectivity index (χ2n) is 5.19. The first kappa shape index (κ1) is 16.9. The summed E-state index contributed by atoms with van der Waals surface area (Å²) in [5, 5.41) is 18.5. The number of carbonyl (C=O) groups is 2. The molecule has 0 saturated carbocycles. The van der Waals surface area contributed by atoms with Crippen LogP contribution in [-0.2, 0) is 4.79 Å². The lowest BCUT2D eigenvalue weighted by molar-refractivity contribution is -0.113. The Morgan fingerprint density at radius 2 is 1.80 bits per heavy atom. The van der Waals surface area contributed by atoms with Crippen LogP contribution in [0.1, 0.15) is 12.5 Å². The average Bonchev–Trinajstić information content (AvgIpc) is 2.86. The number of hydrogen-bond acceptors (Lipinski definition) is 6. The minimum absolute atomic E-state index is 0.240. The highest BCUT2D eigenvalue weighted by molar-refractivity contribution is 8.19. The van der Waals surface area contributed by atoms with Crippen LogP contribution in [0.25, 0.3) is 6.08 Å². The third kappa shape index (κ3) is 3.46. The van der Waals surface area contributed by atoms with Crippen molar-refractivity contribution in [1.82, 2.24) is 0 Å². The molecular formula is C18H15NO5S. The summed E-state index contributed by atoms with van der Waals surface area (Å²) in [6, 6.07) is 10.9. The number of hydrogen-bond donors (Lipinski definition) is 2. The molecule has 0 aromatic heterocycles. The van der Waals surface area contributed by atoms with E-state index in [2.05, 4.69) is 0 Å². The Bertz CT molecular complexity index is 860. The fraction of sp³-hybridized carbons (Fsp3) is 0.111. The smallest absolute Gasteiger partial charge is 0.298 e. The van der Waals surface area contributed by atoms with Crippen LogP contribution in [0, 0.1) is 0 Å². The lowest BCUT2D eigenvalue weighted by Crippen LogP contribution is -2.27. The van der Waals surface area contributed by atoms with Crippen LogP contribution in [0.5, 0.6) is 17.2 Å². The predicted molar refractivity (Wildman–Crippen MR) is 95.8 cm³/mol. The number of benzene rings is 2. The van der Waals surface area contributed by atoms with Gasteiger partial charge in [-0.3, -0.25) is 9.59 Å². The SMILES string of the molecule is CCOc1ccc(N2C(=O)S/C(=C\c3ccc(O)c(O)c3)C2=O)cc1. The van der Waals surface area contributed by atoms with E-state index in [-0.39, 0.29) is 16.4 Å². The zero-order valence-corrected chi connectivity index (χ0v) is 14.1. The van der Waals surface area contributed by atoms with E-state index in [9.17, 15) is 19.8 Å². The number of phenolic OH excluding ortho intramolecular Hbond substituents is 2. The van der Waals surface area contributed by atoms with Gasteiger partial charge in [-0.05, 0) is 66.7 Å². The van der Waals surface area contributed by atoms with Gasteiger partial charge in [-0.25, -0.2) is 4.90 Å². The van der Waals surface area contributed by atoms with Crippen LogP contribution in [0.15, 0.2) is 47.4 Å². The summed E-state index contributed by atoms with van der Waals surface area (Å²) in [6.07, 6.45) is 1.50. The highest BCUT2D eigenvalue weighted by Gasteiger charge is 2.36. The van der Waals surface area contributed by atoms with Crippen molar-refractivity contribution < 1.29 is 24.5 Å². The molecule has 0 bridgehead atoms. The van der Waals surface area contributed by atoms with Gasteiger partial charge in [0, 0.05) is 0 Å². The summed E-state index contributed by atoms with van der Waals surface area (Å²) in [6.45, 7) is 2.40. The topological polar surface area (TPSA) is 87.1 Å². The molecular weight excluding hydrogens is 342 g/mol. The number of phenols is 2. The Balaban J connectivity index is 1.86. The van der Waals surface area contributed by atoms with Crippen molar-refractivity contribution >= 4 is 34.7 Å². The highest BCUT2D eigenvalue weighted by atomic mass is 32.2. The minimum Gasteiger partial charge on any atom is -0.504 e. The fourth-order valence-corrected chi connectivity index (χ4v) is 3.17. The van der Waals surface area contributed by atoms with Gasteiger partial charge < -0.3 is 14.9 Å². The van der Waals surface area contributed by atoms with Gasteiger partial charge in [-0.15, -0.1) is 0 Å². The maximum atomic E-state index is 12.6. The van der Waals surface area contributed by atoms with Crippen molar-refractivity contribution in [2.45, 2.75) is 6.92 Å². The lowest BCUT2D eigenvalue weighted by Gasteiger charge is -2.13. The van der Waals surface area contributed by atoms with E-state index in [0.29, 0.717) is 23.6 Å². The molecule has 6 nitrogen and oxygen atoms in total. The number of nitrogens with zero attached hydrogens (tertiary/aromatic N) is 1. The molecule has 128 valence electrons. The molecule has 0 atom stereocenters. The largest absolute Gasteiger partial charge is 0.504 e. The van der Waals surface area contributed by atoms with Gasteiger partial charge in [0.2, 0.25) is 0 Å². The van der Waals surface area contributed by atoms with Gasteiger partial charge in [0.25, 0.3) is 11.1 Å². The molecule has 2 N–H and O–H groups in total. The first-order chi connectivity index (χ1) is 12.0. The molecule has 7 heteroatoms. The van der Waals surface area contributed by atoms with Crippen molar-refractivity contribution in [1.29, 1.82) is 0 Å². The zero-order chi connectivity index (χ0) is 18.0. The Hall–Kier alpha value is -2.93. The molecule has 2 aromatic rings. The molecule has 0 unspecified atom stereocenters. The van der Waals surface area contributed by atoms with E-state index in [0.717, 1.165) is 16.7 Å². The first-order valence-corrected chi connectivity index (χ1v) is 8.34. The third-order valence-corrected chi connectivity index (χ3v) is 4.37. The molecule has 1 aliphatic rings. The quantitative estimate of drug-likeness (QED) is 0.640. The first-order valence-electron chi connectivity index (χ1n) is 7.52. The Kier molecular flexibility index (Phi) is 4.67. The van der Waals surface area contributed by atoms with Crippen LogP contribution in [-0.4, -0.2) is 28.0 Å². The molecule has 25 heavy (non-hydrogen) atoms. The van der Waals surface area contributed by atoms with Gasteiger partial charge in [0.15, 0.2) is 11.5 Å². The summed E-state index contributed by atoms with van der Waals surface area (Å²) in [4.78, 5) is 26.1. The van der Waals surface area contributed by atoms with Crippen LogP contribution < -0.4 is 9.64 Å². The van der Waals surface area contributed by atoms with Gasteiger partial charge >= 0.3 is 0 Å². The minimum atomic E-state index is -0.438. The van der Waals surface area contributed by atoms with Crippen molar-refractivity contribution in [3.8, 4) is 17.2 Å². The van der Waals surface area contributed by atoms with Crippen molar-refractivity contribution in [2.75, 3.05) is 11.5 Å². The molecule has 1 saturated heterocycles. The van der Waals surface area contributed by atoms with E-state index < -0.39 is 11.1 Å². The summed E-state index contributed by atoms with van der Waals surface area (Å²) >= 11 is 0.819. The normalized spacial score (nSPS) is 15.9. The molecule has 3 rings (SSSR count). The number of thioether (sulfide) groups is 1. The number of anilines is 1. The van der Waals surface area contributed by atoms with E-state index >= 15 is 0 Å². The van der Waals surface area contributed by atoms with Crippen molar-refractivity contribution in [3.05, 3.63) is 52.9 Å². The van der Waals surface area contributed by atoms with Crippen LogP contribution in [0.2, 0.25) is 0 Å². The van der Waals surface area contributed by atoms with Gasteiger partial charge in [-0.2, -0.15) is 0 Å². The predicted octanol–water partition coefficient (Wildman–Crippen LogP) is 3.74. The van der Waals surface area contributed by atoms with Crippen molar-refractivity contribution in [2.24, 2.45) is 0 Å². The second-order valence-corrected chi connectivity index (χ2v) is 6.19. The molecule has 0 spiro atoms. The standard InChI is InChI=1S/C18H15NO5S/c1-2-24-13-6-4-12(5-7-13)19-17(22)16(25-18(19)23)10-11-3-8-14(20)15(21)9-11/h3-10,20-21H,2H2,1H3/b16-10-. The number of carbonyl (C=O) groups excluding carboxylic acids is 2. The van der Waals surface area contributed by atoms with E-state index in [1.54, 1.807) is 30.3 Å². The Morgan fingerprint density at radius 3 is 2.44 bits per heavy atom. The number of ether oxygens (including phenoxy) is 1. The summed E-state index contributed by atoms with van der Waals surface area (Å²) < 4.78 is 5.35. The zero-order valence-electron chi connectivity index (χ0n) is 13.3. The van der Waals surface area contributed by atoms with E-state index in [1.807, 2.05) is 6.92 Å². The molecule has 1 aliphatic heterocycles. The molecule has 1 heterocycles. The maximum absolute atomic E-state index is 12.6. The number of aromatic hydroxyl groups is 2. The number of rotatable bonds is 4. The van der Waals surface area contributed by atoms with Crippen LogP contribution in [0.3, 0.4) is 0 Å². The maximum Gasteiger partial charge on any atom is 0.298 e. The molecule has 2 amide bonds. The third-order valence-electron chi connectivity index (χ3n) is 3.50. The number of imide groups is 1. The number of amides is 2. The monoisotopic (exact) mass is 357 g/mol. The highest BCUT2D eigenvalue weighted by Crippen LogP contribution is 2.37. The fourth-order valence-electron chi connectivity index (χ4n) is 2.33. The van der Waals surface area contributed by atoms with E-state index in [4.69, 9.17) is 4.74 Å². The average molecular weight is 357 g/mol. The Labute approximate surface area is 148 Å². The van der Waals surface area contributed by atoms with Crippen LogP contribution >= 0.6 is 11.8 Å². The van der Waals surface area contributed by atoms with Gasteiger partial charge in [0.05, 0.1) is 17.2 Å². The lowest BCUT2D eigenvalue weighted by atomic mass is 10.2. The molecule has 2 aromatic carbocycles. The van der Waals surface area contributed by atoms with Gasteiger partial charge in [-0.1, -0.05) is 6.07 Å². The second kappa shape index (κ2) is 6.90. The molecule has 0 aliphatic carbocycles. The van der Waals surface area contributed by atoms with E-state index in [1.165, 1.54) is 18.2 Å². The van der Waals surface area contributed by atoms with Gasteiger partial charge in [0.1, 0.15) is 5.75 Å². The summed E-state index contributed by atoms with van der Waals surface area (Å²) in [5.74, 6) is -0.320. The molecule has 1 fully saturated rings. The summed E-state index contributed by atoms with van der Waals surface area (Å²) in [7, 11) is 0. The van der Waals surface area contributed by atoms with Crippen LogP contribution in [0.4, 0.5) is 10.5 Å². The summed E-state index contributed by atoms with van der Waals surface area (Å²) in [5.41, 5.74) is 0.968.